The first kappa shape index (κ1) is 13.3. The molecule has 3 nitrogen and oxygen atoms in total. The van der Waals surface area contributed by atoms with Crippen LogP contribution in [0.3, 0.4) is 0 Å². The number of hydrogen-bond donors (Lipinski definition) is 1. The summed E-state index contributed by atoms with van der Waals surface area (Å²) in [6.07, 6.45) is 4.57. The Hall–Kier alpha value is -1.09. The van der Waals surface area contributed by atoms with Crippen molar-refractivity contribution >= 4 is 5.82 Å². The van der Waals surface area contributed by atoms with E-state index in [1.807, 2.05) is 13.2 Å². The fourth-order valence-corrected chi connectivity index (χ4v) is 2.58. The van der Waals surface area contributed by atoms with Gasteiger partial charge in [0.05, 0.1) is 0 Å². The molecule has 1 aromatic heterocycles. The van der Waals surface area contributed by atoms with Crippen LogP contribution in [0, 0.1) is 0 Å². The summed E-state index contributed by atoms with van der Waals surface area (Å²) >= 11 is 0. The summed E-state index contributed by atoms with van der Waals surface area (Å²) in [5.41, 5.74) is 1.48. The van der Waals surface area contributed by atoms with E-state index in [9.17, 15) is 0 Å². The number of nitrogens with zero attached hydrogens (tertiary/aromatic N) is 2. The van der Waals surface area contributed by atoms with E-state index in [0.29, 0.717) is 6.04 Å². The zero-order valence-electron chi connectivity index (χ0n) is 12.0. The molecule has 1 N–H and O–H groups in total. The average Bonchev–Trinajstić information content (AvgIpc) is 2.77. The number of likely N-dealkylation sites (N-methyl/N-ethyl adjacent to an activating group) is 1. The molecule has 2 heterocycles. The van der Waals surface area contributed by atoms with Crippen LogP contribution in [0.25, 0.3) is 0 Å². The van der Waals surface area contributed by atoms with Gasteiger partial charge in [-0.25, -0.2) is 4.98 Å². The molecule has 0 amide bonds. The van der Waals surface area contributed by atoms with E-state index in [-0.39, 0.29) is 5.41 Å². The van der Waals surface area contributed by atoms with Gasteiger partial charge in [0.2, 0.25) is 0 Å². The van der Waals surface area contributed by atoms with Crippen LogP contribution in [-0.4, -0.2) is 31.2 Å². The molecule has 1 atom stereocenters. The summed E-state index contributed by atoms with van der Waals surface area (Å²) < 4.78 is 0. The van der Waals surface area contributed by atoms with Gasteiger partial charge in [0.15, 0.2) is 0 Å². The minimum Gasteiger partial charge on any atom is -0.352 e. The first-order valence-corrected chi connectivity index (χ1v) is 6.90. The Balaban J connectivity index is 2.14. The third-order valence-corrected chi connectivity index (χ3v) is 3.73. The van der Waals surface area contributed by atoms with Gasteiger partial charge in [-0.15, -0.1) is 0 Å². The summed E-state index contributed by atoms with van der Waals surface area (Å²) in [5.74, 6) is 1.13. The monoisotopic (exact) mass is 247 g/mol. The SMILES string of the molecule is CNCC1CCCN1c1ccc(C(C)(C)C)cn1. The lowest BCUT2D eigenvalue weighted by atomic mass is 9.88. The predicted octanol–water partition coefficient (Wildman–Crippen LogP) is 2.57. The standard InChI is InChI=1S/C15H25N3/c1-15(2,3)12-7-8-14(17-10-12)18-9-5-6-13(18)11-16-4/h7-8,10,13,16H,5-6,9,11H2,1-4H3. The molecular formula is C15H25N3. The zero-order valence-corrected chi connectivity index (χ0v) is 12.0. The van der Waals surface area contributed by atoms with Crippen LogP contribution >= 0.6 is 0 Å². The Kier molecular flexibility index (Phi) is 3.91. The molecule has 1 fully saturated rings. The Labute approximate surface area is 111 Å². The van der Waals surface area contributed by atoms with Crippen LogP contribution in [0.2, 0.25) is 0 Å². The zero-order chi connectivity index (χ0) is 13.2. The van der Waals surface area contributed by atoms with Gasteiger partial charge in [0, 0.05) is 25.3 Å². The van der Waals surface area contributed by atoms with E-state index in [1.165, 1.54) is 18.4 Å². The molecular weight excluding hydrogens is 222 g/mol. The average molecular weight is 247 g/mol. The molecule has 2 rings (SSSR count). The lowest BCUT2D eigenvalue weighted by molar-refractivity contribution is 0.585. The van der Waals surface area contributed by atoms with Crippen molar-refractivity contribution in [3.8, 4) is 0 Å². The van der Waals surface area contributed by atoms with E-state index in [2.05, 4.69) is 48.1 Å². The number of rotatable bonds is 3. The molecule has 0 spiro atoms. The van der Waals surface area contributed by atoms with Crippen LogP contribution in [-0.2, 0) is 5.41 Å². The summed E-state index contributed by atoms with van der Waals surface area (Å²) in [4.78, 5) is 7.09. The van der Waals surface area contributed by atoms with Crippen molar-refractivity contribution < 1.29 is 0 Å². The molecule has 0 bridgehead atoms. The number of nitrogens with one attached hydrogen (secondary N) is 1. The Morgan fingerprint density at radius 3 is 2.72 bits per heavy atom. The van der Waals surface area contributed by atoms with Crippen molar-refractivity contribution in [1.29, 1.82) is 0 Å². The van der Waals surface area contributed by atoms with Gasteiger partial charge in [0.1, 0.15) is 5.82 Å². The van der Waals surface area contributed by atoms with Crippen molar-refractivity contribution in [3.63, 3.8) is 0 Å². The van der Waals surface area contributed by atoms with E-state index >= 15 is 0 Å². The smallest absolute Gasteiger partial charge is 0.128 e. The molecule has 0 aromatic carbocycles. The summed E-state index contributed by atoms with van der Waals surface area (Å²) in [6, 6.07) is 4.99. The Morgan fingerprint density at radius 2 is 2.17 bits per heavy atom. The second kappa shape index (κ2) is 5.27. The van der Waals surface area contributed by atoms with Gasteiger partial charge >= 0.3 is 0 Å². The maximum absolute atomic E-state index is 4.66. The molecule has 18 heavy (non-hydrogen) atoms. The van der Waals surface area contributed by atoms with E-state index in [1.54, 1.807) is 0 Å². The molecule has 1 aliphatic rings. The molecule has 3 heteroatoms. The first-order chi connectivity index (χ1) is 8.52. The molecule has 0 aliphatic carbocycles. The van der Waals surface area contributed by atoms with Crippen molar-refractivity contribution in [2.24, 2.45) is 0 Å². The van der Waals surface area contributed by atoms with Gasteiger partial charge in [-0.3, -0.25) is 0 Å². The van der Waals surface area contributed by atoms with Crippen molar-refractivity contribution in [2.45, 2.75) is 45.1 Å². The lowest BCUT2D eigenvalue weighted by Gasteiger charge is -2.26. The Morgan fingerprint density at radius 1 is 1.39 bits per heavy atom. The van der Waals surface area contributed by atoms with Gasteiger partial charge < -0.3 is 10.2 Å². The second-order valence-corrected chi connectivity index (χ2v) is 6.20. The van der Waals surface area contributed by atoms with E-state index in [4.69, 9.17) is 0 Å². The maximum atomic E-state index is 4.66. The highest BCUT2D eigenvalue weighted by atomic mass is 15.2. The van der Waals surface area contributed by atoms with Crippen molar-refractivity contribution in [3.05, 3.63) is 23.9 Å². The molecule has 100 valence electrons. The Bertz CT molecular complexity index is 378. The van der Waals surface area contributed by atoms with Crippen molar-refractivity contribution in [1.82, 2.24) is 10.3 Å². The third-order valence-electron chi connectivity index (χ3n) is 3.73. The van der Waals surface area contributed by atoms with Crippen LogP contribution in [0.4, 0.5) is 5.82 Å². The molecule has 0 radical (unpaired) electrons. The topological polar surface area (TPSA) is 28.2 Å². The summed E-state index contributed by atoms with van der Waals surface area (Å²) in [6.45, 7) is 8.85. The maximum Gasteiger partial charge on any atom is 0.128 e. The molecule has 0 saturated carbocycles. The number of aromatic nitrogens is 1. The molecule has 1 unspecified atom stereocenters. The highest BCUT2D eigenvalue weighted by molar-refractivity contribution is 5.42. The highest BCUT2D eigenvalue weighted by Crippen LogP contribution is 2.26. The first-order valence-electron chi connectivity index (χ1n) is 6.90. The summed E-state index contributed by atoms with van der Waals surface area (Å²) in [7, 11) is 2.02. The number of pyridine rings is 1. The number of hydrogen-bond acceptors (Lipinski definition) is 3. The largest absolute Gasteiger partial charge is 0.352 e. The fourth-order valence-electron chi connectivity index (χ4n) is 2.58. The lowest BCUT2D eigenvalue weighted by Crippen LogP contribution is -2.37. The molecule has 1 aliphatic heterocycles. The minimum atomic E-state index is 0.181. The predicted molar refractivity (Wildman–Crippen MR) is 77.2 cm³/mol. The second-order valence-electron chi connectivity index (χ2n) is 6.20. The van der Waals surface area contributed by atoms with Crippen LogP contribution in [0.1, 0.15) is 39.2 Å². The van der Waals surface area contributed by atoms with Gasteiger partial charge in [-0.2, -0.15) is 0 Å². The summed E-state index contributed by atoms with van der Waals surface area (Å²) in [5, 5.41) is 3.28. The van der Waals surface area contributed by atoms with Gasteiger partial charge in [0.25, 0.3) is 0 Å². The minimum absolute atomic E-state index is 0.181. The van der Waals surface area contributed by atoms with Crippen LogP contribution in [0.15, 0.2) is 18.3 Å². The highest BCUT2D eigenvalue weighted by Gasteiger charge is 2.25. The van der Waals surface area contributed by atoms with E-state index in [0.717, 1.165) is 18.9 Å². The quantitative estimate of drug-likeness (QED) is 0.890. The van der Waals surface area contributed by atoms with Crippen LogP contribution < -0.4 is 10.2 Å². The van der Waals surface area contributed by atoms with Gasteiger partial charge in [-0.05, 0) is 36.9 Å². The normalized spacial score (nSPS) is 20.4. The van der Waals surface area contributed by atoms with Gasteiger partial charge in [-0.1, -0.05) is 26.8 Å². The molecule has 1 saturated heterocycles. The number of anilines is 1. The van der Waals surface area contributed by atoms with Crippen LogP contribution in [0.5, 0.6) is 0 Å². The fraction of sp³-hybridized carbons (Fsp3) is 0.667. The van der Waals surface area contributed by atoms with Crippen molar-refractivity contribution in [2.75, 3.05) is 25.0 Å². The molecule has 1 aromatic rings. The van der Waals surface area contributed by atoms with E-state index < -0.39 is 0 Å². The third kappa shape index (κ3) is 2.83.